The van der Waals surface area contributed by atoms with Crippen molar-refractivity contribution in [3.63, 3.8) is 0 Å². The van der Waals surface area contributed by atoms with E-state index in [0.29, 0.717) is 0 Å². The quantitative estimate of drug-likeness (QED) is 0.254. The van der Waals surface area contributed by atoms with Crippen molar-refractivity contribution in [1.82, 2.24) is 0 Å². The van der Waals surface area contributed by atoms with Crippen LogP contribution in [0.25, 0.3) is 0 Å². The van der Waals surface area contributed by atoms with Gasteiger partial charge in [-0.1, -0.05) is 12.7 Å². The van der Waals surface area contributed by atoms with Gasteiger partial charge in [-0.25, -0.2) is 4.79 Å². The van der Waals surface area contributed by atoms with Crippen molar-refractivity contribution in [2.75, 3.05) is 14.2 Å². The molecule has 0 aliphatic heterocycles. The summed E-state index contributed by atoms with van der Waals surface area (Å²) >= 11 is 0. The Kier molecular flexibility index (Phi) is 4.04. The molecule has 0 aromatic carbocycles. The van der Waals surface area contributed by atoms with Crippen LogP contribution in [0.5, 0.6) is 0 Å². The van der Waals surface area contributed by atoms with Gasteiger partial charge in [0.05, 0.1) is 14.2 Å². The number of methoxy groups -OCH3 is 2. The average molecular weight is 142 g/mol. The largest absolute Gasteiger partial charge is 0.490 e. The van der Waals surface area contributed by atoms with Gasteiger partial charge >= 0.3 is 5.97 Å². The molecule has 0 saturated heterocycles. The first kappa shape index (κ1) is 8.75. The van der Waals surface area contributed by atoms with Gasteiger partial charge in [0.25, 0.3) is 0 Å². The highest BCUT2D eigenvalue weighted by Gasteiger charge is 2.06. The first-order chi connectivity index (χ1) is 4.76. The molecular weight excluding hydrogens is 132 g/mol. The Bertz CT molecular complexity index is 158. The van der Waals surface area contributed by atoms with Crippen molar-refractivity contribution in [3.05, 3.63) is 24.5 Å². The Morgan fingerprint density at radius 1 is 1.40 bits per heavy atom. The molecule has 0 heterocycles. The second kappa shape index (κ2) is 4.61. The molecule has 0 fully saturated rings. The number of ether oxygens (including phenoxy) is 2. The molecule has 0 aromatic rings. The summed E-state index contributed by atoms with van der Waals surface area (Å²) in [5.41, 5.74) is 0. The molecule has 0 unspecified atom stereocenters. The predicted octanol–water partition coefficient (Wildman–Crippen LogP) is 0.876. The van der Waals surface area contributed by atoms with E-state index in [-0.39, 0.29) is 5.76 Å². The maximum atomic E-state index is 10.7. The fraction of sp³-hybridized carbons (Fsp3) is 0.286. The molecule has 0 saturated carbocycles. The van der Waals surface area contributed by atoms with Crippen molar-refractivity contribution in [2.45, 2.75) is 0 Å². The van der Waals surface area contributed by atoms with E-state index in [0.717, 1.165) is 0 Å². The van der Waals surface area contributed by atoms with Crippen molar-refractivity contribution in [3.8, 4) is 0 Å². The summed E-state index contributed by atoms with van der Waals surface area (Å²) < 4.78 is 9.03. The molecule has 0 atom stereocenters. The summed E-state index contributed by atoms with van der Waals surface area (Å²) in [6.07, 6.45) is 2.89. The summed E-state index contributed by atoms with van der Waals surface area (Å²) in [5.74, 6) is -0.347. The van der Waals surface area contributed by atoms with E-state index < -0.39 is 5.97 Å². The number of carbonyl (C=O) groups is 1. The fourth-order valence-corrected chi connectivity index (χ4v) is 0.427. The zero-order valence-electron chi connectivity index (χ0n) is 6.09. The van der Waals surface area contributed by atoms with Gasteiger partial charge in [-0.3, -0.25) is 0 Å². The predicted molar refractivity (Wildman–Crippen MR) is 37.3 cm³/mol. The van der Waals surface area contributed by atoms with Gasteiger partial charge in [-0.05, 0) is 6.08 Å². The lowest BCUT2D eigenvalue weighted by molar-refractivity contribution is -0.139. The normalized spacial score (nSPS) is 10.4. The minimum atomic E-state index is -0.498. The van der Waals surface area contributed by atoms with Crippen LogP contribution in [0.3, 0.4) is 0 Å². The molecule has 0 rings (SSSR count). The third kappa shape index (κ3) is 2.35. The molecule has 3 nitrogen and oxygen atoms in total. The summed E-state index contributed by atoms with van der Waals surface area (Å²) in [5, 5.41) is 0. The van der Waals surface area contributed by atoms with Crippen LogP contribution in [0.1, 0.15) is 0 Å². The minimum Gasteiger partial charge on any atom is -0.490 e. The van der Waals surface area contributed by atoms with Crippen LogP contribution in [0.15, 0.2) is 24.5 Å². The summed E-state index contributed by atoms with van der Waals surface area (Å²) in [7, 11) is 2.69. The van der Waals surface area contributed by atoms with Crippen LogP contribution >= 0.6 is 0 Å². The van der Waals surface area contributed by atoms with Crippen LogP contribution in [-0.2, 0) is 14.3 Å². The van der Waals surface area contributed by atoms with Crippen LogP contribution in [0.4, 0.5) is 0 Å². The Morgan fingerprint density at radius 3 is 2.30 bits per heavy atom. The molecule has 0 N–H and O–H groups in total. The van der Waals surface area contributed by atoms with Crippen LogP contribution in [-0.4, -0.2) is 20.2 Å². The molecule has 56 valence electrons. The van der Waals surface area contributed by atoms with E-state index in [4.69, 9.17) is 0 Å². The Hall–Kier alpha value is -1.25. The summed E-state index contributed by atoms with van der Waals surface area (Å²) in [6, 6.07) is 0. The molecule has 0 radical (unpaired) electrons. The lowest BCUT2D eigenvalue weighted by Gasteiger charge is -2.00. The highest BCUT2D eigenvalue weighted by Crippen LogP contribution is 1.97. The van der Waals surface area contributed by atoms with E-state index in [9.17, 15) is 4.79 Å². The van der Waals surface area contributed by atoms with Crippen LogP contribution in [0.2, 0.25) is 0 Å². The molecule has 0 amide bonds. The van der Waals surface area contributed by atoms with Crippen molar-refractivity contribution < 1.29 is 14.3 Å². The number of hydrogen-bond donors (Lipinski definition) is 0. The van der Waals surface area contributed by atoms with Gasteiger partial charge in [0.15, 0.2) is 0 Å². The van der Waals surface area contributed by atoms with Gasteiger partial charge in [0.2, 0.25) is 5.76 Å². The van der Waals surface area contributed by atoms with Gasteiger partial charge in [-0.2, -0.15) is 0 Å². The van der Waals surface area contributed by atoms with Crippen LogP contribution in [0, 0.1) is 0 Å². The number of hydrogen-bond acceptors (Lipinski definition) is 3. The molecule has 3 heteroatoms. The average Bonchev–Trinajstić information content (AvgIpc) is 1.99. The maximum Gasteiger partial charge on any atom is 0.373 e. The van der Waals surface area contributed by atoms with E-state index in [1.54, 1.807) is 0 Å². The summed E-state index contributed by atoms with van der Waals surface area (Å²) in [4.78, 5) is 10.7. The molecule has 0 aliphatic rings. The van der Waals surface area contributed by atoms with Crippen molar-refractivity contribution in [2.24, 2.45) is 0 Å². The molecule has 0 aliphatic carbocycles. The Labute approximate surface area is 59.9 Å². The minimum absolute atomic E-state index is 0.150. The summed E-state index contributed by atoms with van der Waals surface area (Å²) in [6.45, 7) is 3.40. The highest BCUT2D eigenvalue weighted by molar-refractivity contribution is 5.86. The first-order valence-electron chi connectivity index (χ1n) is 2.71. The maximum absolute atomic E-state index is 10.7. The van der Waals surface area contributed by atoms with Crippen molar-refractivity contribution >= 4 is 5.97 Å². The second-order valence-electron chi connectivity index (χ2n) is 1.46. The fourth-order valence-electron chi connectivity index (χ4n) is 0.427. The molecule has 0 aromatic heterocycles. The smallest absolute Gasteiger partial charge is 0.373 e. The highest BCUT2D eigenvalue weighted by atomic mass is 16.6. The SMILES string of the molecule is C=CC=C(OC)C(=O)OC. The van der Waals surface area contributed by atoms with Gasteiger partial charge in [0.1, 0.15) is 0 Å². The Balaban J connectivity index is 4.19. The standard InChI is InChI=1S/C7H10O3/c1-4-5-6(9-2)7(8)10-3/h4-5H,1H2,2-3H3. The van der Waals surface area contributed by atoms with Gasteiger partial charge in [-0.15, -0.1) is 0 Å². The van der Waals surface area contributed by atoms with Crippen molar-refractivity contribution in [1.29, 1.82) is 0 Å². The van der Waals surface area contributed by atoms with E-state index in [1.807, 2.05) is 0 Å². The van der Waals surface area contributed by atoms with E-state index >= 15 is 0 Å². The third-order valence-electron chi connectivity index (χ3n) is 0.876. The number of esters is 1. The second-order valence-corrected chi connectivity index (χ2v) is 1.46. The number of carbonyl (C=O) groups excluding carboxylic acids is 1. The Morgan fingerprint density at radius 2 is 2.00 bits per heavy atom. The van der Waals surface area contributed by atoms with Gasteiger partial charge in [0, 0.05) is 0 Å². The van der Waals surface area contributed by atoms with Gasteiger partial charge < -0.3 is 9.47 Å². The molecule has 0 spiro atoms. The van der Waals surface area contributed by atoms with E-state index in [1.165, 1.54) is 26.4 Å². The number of allylic oxidation sites excluding steroid dienone is 2. The zero-order valence-corrected chi connectivity index (χ0v) is 6.09. The third-order valence-corrected chi connectivity index (χ3v) is 0.876. The first-order valence-corrected chi connectivity index (χ1v) is 2.71. The monoisotopic (exact) mass is 142 g/mol. The lowest BCUT2D eigenvalue weighted by Crippen LogP contribution is -2.05. The number of rotatable bonds is 3. The molecule has 10 heavy (non-hydrogen) atoms. The molecule has 0 bridgehead atoms. The van der Waals surface area contributed by atoms with E-state index in [2.05, 4.69) is 16.1 Å². The zero-order chi connectivity index (χ0) is 7.98. The molecular formula is C7H10O3. The van der Waals surface area contributed by atoms with Crippen LogP contribution < -0.4 is 0 Å². The lowest BCUT2D eigenvalue weighted by atomic mass is 10.4. The topological polar surface area (TPSA) is 35.5 Å².